The second-order valence-electron chi connectivity index (χ2n) is 6.56. The fourth-order valence-corrected chi connectivity index (χ4v) is 3.10. The van der Waals surface area contributed by atoms with Gasteiger partial charge in [-0.05, 0) is 57.2 Å². The summed E-state index contributed by atoms with van der Waals surface area (Å²) in [6, 6.07) is 6.98. The largest absolute Gasteiger partial charge is 0.478 e. The predicted octanol–water partition coefficient (Wildman–Crippen LogP) is 2.59. The molecule has 0 aromatic heterocycles. The number of likely N-dealkylation sites (tertiary alicyclic amines) is 1. The molecule has 1 unspecified atom stereocenters. The average molecular weight is 319 g/mol. The van der Waals surface area contributed by atoms with Crippen molar-refractivity contribution in [2.45, 2.75) is 39.2 Å². The Balaban J connectivity index is 1.92. The number of nitrogens with zero attached hydrogens (tertiary/aromatic N) is 1. The van der Waals surface area contributed by atoms with E-state index < -0.39 is 11.6 Å². The molecule has 1 aliphatic heterocycles. The minimum Gasteiger partial charge on any atom is -0.478 e. The monoisotopic (exact) mass is 319 g/mol. The van der Waals surface area contributed by atoms with Crippen LogP contribution in [0.5, 0.6) is 0 Å². The van der Waals surface area contributed by atoms with Crippen LogP contribution in [0, 0.1) is 5.92 Å². The molecule has 0 aliphatic carbocycles. The number of hydrogen-bond acceptors (Lipinski definition) is 3. The Labute approximate surface area is 137 Å². The SMILES string of the molecule is CCOC(C)(C)C(=O)N1CCC(Cc2ccc(C(=O)O)cc2)C1. The van der Waals surface area contributed by atoms with Gasteiger partial charge in [-0.1, -0.05) is 12.1 Å². The Morgan fingerprint density at radius 3 is 2.52 bits per heavy atom. The number of carbonyl (C=O) groups is 2. The van der Waals surface area contributed by atoms with Gasteiger partial charge in [0.25, 0.3) is 5.91 Å². The summed E-state index contributed by atoms with van der Waals surface area (Å²) in [7, 11) is 0. The average Bonchev–Trinajstić information content (AvgIpc) is 2.95. The Morgan fingerprint density at radius 2 is 1.96 bits per heavy atom. The van der Waals surface area contributed by atoms with Crippen LogP contribution in [0.15, 0.2) is 24.3 Å². The zero-order chi connectivity index (χ0) is 17.0. The number of carboxylic acid groups (broad SMARTS) is 1. The molecule has 2 rings (SSSR count). The zero-order valence-corrected chi connectivity index (χ0v) is 14.0. The third kappa shape index (κ3) is 4.32. The number of hydrogen-bond donors (Lipinski definition) is 1. The van der Waals surface area contributed by atoms with Crippen LogP contribution < -0.4 is 0 Å². The molecule has 0 spiro atoms. The van der Waals surface area contributed by atoms with Gasteiger partial charge in [-0.3, -0.25) is 4.79 Å². The molecule has 0 bridgehead atoms. The summed E-state index contributed by atoms with van der Waals surface area (Å²) in [5, 5.41) is 8.92. The van der Waals surface area contributed by atoms with Gasteiger partial charge in [-0.2, -0.15) is 0 Å². The Morgan fingerprint density at radius 1 is 1.30 bits per heavy atom. The van der Waals surface area contributed by atoms with Crippen LogP contribution in [0.3, 0.4) is 0 Å². The van der Waals surface area contributed by atoms with Crippen molar-refractivity contribution >= 4 is 11.9 Å². The second-order valence-corrected chi connectivity index (χ2v) is 6.56. The number of carboxylic acids is 1. The number of carbonyl (C=O) groups excluding carboxylic acids is 1. The predicted molar refractivity (Wildman–Crippen MR) is 87.5 cm³/mol. The van der Waals surface area contributed by atoms with Gasteiger partial charge in [0.2, 0.25) is 0 Å². The molecule has 0 radical (unpaired) electrons. The Bertz CT molecular complexity index is 565. The Kier molecular flexibility index (Phi) is 5.42. The van der Waals surface area contributed by atoms with Crippen LogP contribution in [-0.4, -0.2) is 47.2 Å². The molecule has 1 N–H and O–H groups in total. The highest BCUT2D eigenvalue weighted by molar-refractivity contribution is 5.87. The van der Waals surface area contributed by atoms with Crippen molar-refractivity contribution in [2.24, 2.45) is 5.92 Å². The van der Waals surface area contributed by atoms with E-state index in [0.29, 0.717) is 18.1 Å². The number of amides is 1. The third-order valence-electron chi connectivity index (χ3n) is 4.32. The van der Waals surface area contributed by atoms with E-state index >= 15 is 0 Å². The van der Waals surface area contributed by atoms with Crippen molar-refractivity contribution in [3.05, 3.63) is 35.4 Å². The van der Waals surface area contributed by atoms with Gasteiger partial charge in [-0.15, -0.1) is 0 Å². The summed E-state index contributed by atoms with van der Waals surface area (Å²) in [6.07, 6.45) is 1.83. The smallest absolute Gasteiger partial charge is 0.335 e. The van der Waals surface area contributed by atoms with Gasteiger partial charge in [0.05, 0.1) is 5.56 Å². The van der Waals surface area contributed by atoms with E-state index in [4.69, 9.17) is 9.84 Å². The maximum Gasteiger partial charge on any atom is 0.335 e. The van der Waals surface area contributed by atoms with Crippen molar-refractivity contribution in [1.29, 1.82) is 0 Å². The number of benzene rings is 1. The van der Waals surface area contributed by atoms with E-state index in [1.165, 1.54) is 0 Å². The van der Waals surface area contributed by atoms with Crippen molar-refractivity contribution in [3.8, 4) is 0 Å². The first kappa shape index (κ1) is 17.5. The molecule has 1 atom stereocenters. The number of rotatable bonds is 6. The normalized spacial score (nSPS) is 18.2. The van der Waals surface area contributed by atoms with E-state index in [1.54, 1.807) is 12.1 Å². The van der Waals surface area contributed by atoms with Gasteiger partial charge in [0.1, 0.15) is 5.60 Å². The summed E-state index contributed by atoms with van der Waals surface area (Å²) < 4.78 is 5.55. The van der Waals surface area contributed by atoms with Gasteiger partial charge >= 0.3 is 5.97 Å². The van der Waals surface area contributed by atoms with Crippen LogP contribution in [0.4, 0.5) is 0 Å². The topological polar surface area (TPSA) is 66.8 Å². The van der Waals surface area contributed by atoms with E-state index in [0.717, 1.165) is 31.5 Å². The summed E-state index contributed by atoms with van der Waals surface area (Å²) in [5.41, 5.74) is 0.640. The highest BCUT2D eigenvalue weighted by atomic mass is 16.5. The number of ether oxygens (including phenoxy) is 1. The molecule has 0 saturated carbocycles. The quantitative estimate of drug-likeness (QED) is 0.875. The van der Waals surface area contributed by atoms with Crippen molar-refractivity contribution in [2.75, 3.05) is 19.7 Å². The van der Waals surface area contributed by atoms with E-state index in [-0.39, 0.29) is 5.91 Å². The molecule has 1 saturated heterocycles. The molecule has 1 aromatic carbocycles. The first-order valence-electron chi connectivity index (χ1n) is 8.09. The molecule has 1 amide bonds. The molecular formula is C18H25NO4. The molecule has 5 nitrogen and oxygen atoms in total. The molecule has 1 aliphatic rings. The second kappa shape index (κ2) is 7.13. The zero-order valence-electron chi connectivity index (χ0n) is 14.0. The van der Waals surface area contributed by atoms with Gasteiger partial charge < -0.3 is 14.7 Å². The summed E-state index contributed by atoms with van der Waals surface area (Å²) in [4.78, 5) is 25.3. The lowest BCUT2D eigenvalue weighted by Gasteiger charge is -2.29. The first-order chi connectivity index (χ1) is 10.8. The lowest BCUT2D eigenvalue weighted by atomic mass is 9.98. The summed E-state index contributed by atoms with van der Waals surface area (Å²) in [5.74, 6) is -0.456. The first-order valence-corrected chi connectivity index (χ1v) is 8.09. The maximum absolute atomic E-state index is 12.5. The fourth-order valence-electron chi connectivity index (χ4n) is 3.10. The molecular weight excluding hydrogens is 294 g/mol. The highest BCUT2D eigenvalue weighted by Gasteiger charge is 2.36. The Hall–Kier alpha value is -1.88. The molecule has 1 aromatic rings. The van der Waals surface area contributed by atoms with E-state index in [9.17, 15) is 9.59 Å². The van der Waals surface area contributed by atoms with Gasteiger partial charge in [0.15, 0.2) is 0 Å². The molecule has 1 heterocycles. The minimum absolute atomic E-state index is 0.0445. The molecule has 5 heteroatoms. The van der Waals surface area contributed by atoms with Crippen LogP contribution in [0.1, 0.15) is 43.1 Å². The van der Waals surface area contributed by atoms with E-state index in [1.807, 2.05) is 37.8 Å². The lowest BCUT2D eigenvalue weighted by molar-refractivity contribution is -0.152. The third-order valence-corrected chi connectivity index (χ3v) is 4.32. The van der Waals surface area contributed by atoms with Crippen LogP contribution in [0.25, 0.3) is 0 Å². The molecule has 1 fully saturated rings. The van der Waals surface area contributed by atoms with Crippen LogP contribution in [0.2, 0.25) is 0 Å². The summed E-state index contributed by atoms with van der Waals surface area (Å²) >= 11 is 0. The van der Waals surface area contributed by atoms with Crippen molar-refractivity contribution in [1.82, 2.24) is 4.90 Å². The minimum atomic E-state index is -0.910. The number of aromatic carboxylic acids is 1. The summed E-state index contributed by atoms with van der Waals surface area (Å²) in [6.45, 7) is 7.53. The lowest BCUT2D eigenvalue weighted by Crippen LogP contribution is -2.46. The van der Waals surface area contributed by atoms with Gasteiger partial charge in [-0.25, -0.2) is 4.79 Å². The van der Waals surface area contributed by atoms with Crippen molar-refractivity contribution < 1.29 is 19.4 Å². The standard InChI is InChI=1S/C18H25NO4/c1-4-23-18(2,3)17(22)19-10-9-14(12-19)11-13-5-7-15(8-6-13)16(20)21/h5-8,14H,4,9-12H2,1-3H3,(H,20,21). The maximum atomic E-state index is 12.5. The van der Waals surface area contributed by atoms with Crippen LogP contribution in [-0.2, 0) is 16.0 Å². The fraction of sp³-hybridized carbons (Fsp3) is 0.556. The molecule has 126 valence electrons. The molecule has 23 heavy (non-hydrogen) atoms. The highest BCUT2D eigenvalue weighted by Crippen LogP contribution is 2.24. The van der Waals surface area contributed by atoms with E-state index in [2.05, 4.69) is 0 Å². The van der Waals surface area contributed by atoms with Gasteiger partial charge in [0, 0.05) is 19.7 Å². The van der Waals surface area contributed by atoms with Crippen molar-refractivity contribution in [3.63, 3.8) is 0 Å². The van der Waals surface area contributed by atoms with Crippen LogP contribution >= 0.6 is 0 Å².